The van der Waals surface area contributed by atoms with E-state index >= 15 is 0 Å². The highest BCUT2D eigenvalue weighted by atomic mass is 16.8. The van der Waals surface area contributed by atoms with Gasteiger partial charge >= 0.3 is 0 Å². The molecular weight excluding hydrogens is 1880 g/mol. The van der Waals surface area contributed by atoms with Gasteiger partial charge in [0.15, 0.2) is 69.2 Å². The van der Waals surface area contributed by atoms with E-state index in [1.807, 2.05) is 0 Å². The second kappa shape index (κ2) is 49.5. The normalized spacial score (nSPS) is 48.9. The summed E-state index contributed by atoms with van der Waals surface area (Å²) >= 11 is 0. The topological polar surface area (TPSA) is 946 Å². The highest BCUT2D eigenvalue weighted by Gasteiger charge is 2.64. The SMILES string of the molecule is CC(=O)N[C@@H]1[C@@H](O)[C@H](O[C@@H]2O[C@H](CO)[C@@H](O[C@@H]3O[C@H](CO[C@H]4O[C@H](CO)[C@@H](O)[C@H](O)[C@@H]4O[C@@H]4O[C@H](CO)[C@@H](O[C@@H]5O[C@H](CO)[C@H](O)[C@H](O)[C@H]5O)[C@H](O)[C@H]4NC(C)=O)[C@@H](O)[C@H](O[C@H]4O[C@H](CO)[C@@H](O)[C@H](O[C@@H]5O[C@H](CO)[C@@H](O[C@@H]6O[C@H](CO)[C@H](O)[C@H](O)[C@H]6O)[C@H](O)[C@H]5NC(C)=O)[C@@H]4O[C@@H]4O[C@H](CO)[C@@H](O[C@@H]5O[C@H](CO)[C@H](O)[C@H](O)[C@H]5O)[C@H](O)[C@H]4NC(C)=O)[C@@H]3O)[C@H](O)[C@H]2NC(C)=O)[C@@H](CO)O[C@H]1O. The van der Waals surface area contributed by atoms with Crippen molar-refractivity contribution in [2.75, 3.05) is 72.7 Å². The lowest BCUT2D eigenvalue weighted by atomic mass is 9.93. The zero-order valence-electron chi connectivity index (χ0n) is 73.6. The molecule has 0 spiro atoms. The maximum Gasteiger partial charge on any atom is 0.217 e. The van der Waals surface area contributed by atoms with Gasteiger partial charge in [0.05, 0.1) is 72.7 Å². The van der Waals surface area contributed by atoms with Crippen molar-refractivity contribution >= 4 is 29.5 Å². The lowest BCUT2D eigenvalue weighted by Crippen LogP contribution is -2.72. The first-order chi connectivity index (χ1) is 64.9. The molecule has 0 aromatic rings. The van der Waals surface area contributed by atoms with Crippen LogP contribution in [-0.2, 0) is 123 Å². The molecule has 11 aliphatic rings. The second-order valence-corrected chi connectivity index (χ2v) is 34.5. The summed E-state index contributed by atoms with van der Waals surface area (Å²) in [4.78, 5) is 65.5. The van der Waals surface area contributed by atoms with E-state index in [9.17, 15) is 177 Å². The first-order valence-electron chi connectivity index (χ1n) is 43.7. The molecule has 11 saturated heterocycles. The van der Waals surface area contributed by atoms with Crippen molar-refractivity contribution in [3.8, 4) is 0 Å². The molecule has 0 bridgehead atoms. The zero-order valence-corrected chi connectivity index (χ0v) is 73.6. The minimum Gasteiger partial charge on any atom is -0.394 e. The molecule has 11 fully saturated rings. The number of rotatable bonds is 36. The van der Waals surface area contributed by atoms with Crippen LogP contribution in [0.2, 0.25) is 0 Å². The van der Waals surface area contributed by atoms with E-state index < -0.39 is 440 Å². The van der Waals surface area contributed by atoms with Gasteiger partial charge in [0.2, 0.25) is 29.5 Å². The van der Waals surface area contributed by atoms with Crippen molar-refractivity contribution in [3.63, 3.8) is 0 Å². The number of aliphatic hydroxyl groups is 30. The molecule has 0 saturated carbocycles. The molecule has 5 amide bonds. The molecule has 0 aromatic carbocycles. The van der Waals surface area contributed by atoms with Crippen LogP contribution in [0.1, 0.15) is 34.6 Å². The van der Waals surface area contributed by atoms with Crippen LogP contribution in [0.5, 0.6) is 0 Å². The summed E-state index contributed by atoms with van der Waals surface area (Å²) < 4.78 is 127. The van der Waals surface area contributed by atoms with Crippen LogP contribution in [0.25, 0.3) is 0 Å². The van der Waals surface area contributed by atoms with E-state index in [0.29, 0.717) is 0 Å². The van der Waals surface area contributed by atoms with Gasteiger partial charge in [0.1, 0.15) is 268 Å². The van der Waals surface area contributed by atoms with Crippen molar-refractivity contribution in [1.82, 2.24) is 26.6 Å². The minimum absolute atomic E-state index is 0.833. The molecule has 0 radical (unpaired) electrons. The van der Waals surface area contributed by atoms with Gasteiger partial charge in [0, 0.05) is 34.6 Å². The van der Waals surface area contributed by atoms with Gasteiger partial charge in [-0.15, -0.1) is 0 Å². The maximum atomic E-state index is 13.5. The van der Waals surface area contributed by atoms with E-state index in [2.05, 4.69) is 26.6 Å². The Balaban J connectivity index is 1.00. The summed E-state index contributed by atoms with van der Waals surface area (Å²) in [5.41, 5.74) is 0. The molecule has 55 atom stereocenters. The number of nitrogens with one attached hydrogen (secondary N) is 5. The van der Waals surface area contributed by atoms with Crippen LogP contribution in [0, 0.1) is 0 Å². The molecular formula is C76H127N5O56. The Morgan fingerprint density at radius 1 is 0.190 bits per heavy atom. The third kappa shape index (κ3) is 25.0. The van der Waals surface area contributed by atoms with Gasteiger partial charge in [-0.2, -0.15) is 0 Å². The number of amides is 5. The van der Waals surface area contributed by atoms with E-state index in [-0.39, 0.29) is 0 Å². The number of hydrogen-bond acceptors (Lipinski definition) is 56. The largest absolute Gasteiger partial charge is 0.394 e. The summed E-state index contributed by atoms with van der Waals surface area (Å²) in [6, 6.07) is -10.1. The number of hydrogen-bond donors (Lipinski definition) is 35. The van der Waals surface area contributed by atoms with Crippen molar-refractivity contribution in [2.45, 2.75) is 372 Å². The minimum atomic E-state index is -2.78. The fourth-order valence-electron chi connectivity index (χ4n) is 17.8. The summed E-state index contributed by atoms with van der Waals surface area (Å²) in [5.74, 6) is -4.97. The van der Waals surface area contributed by atoms with Crippen LogP contribution in [-0.4, -0.2) is 593 Å². The molecule has 0 aromatic heterocycles. The third-order valence-corrected chi connectivity index (χ3v) is 25.0. The Hall–Kier alpha value is -4.69. The van der Waals surface area contributed by atoms with E-state index in [1.54, 1.807) is 0 Å². The Morgan fingerprint density at radius 2 is 0.409 bits per heavy atom. The van der Waals surface area contributed by atoms with Crippen LogP contribution >= 0.6 is 0 Å². The molecule has 137 heavy (non-hydrogen) atoms. The lowest BCUT2D eigenvalue weighted by molar-refractivity contribution is -0.409. The summed E-state index contributed by atoms with van der Waals surface area (Å²) in [7, 11) is 0. The standard InChI is InChI=1S/C76H127N5O56/c1-17(92)77-33-44(103)57(27(11-87)118-66(33)116)129-67-34(78-18(2)93)45(104)61(31(15-91)124-67)133-74-56(115)62(43(102)32(128-74)16-117-75-64(52(111)41(100)25(9-85)122-75)136-69-36(80-20(4)95)47(106)59(29(13-89)126-69)131-72-54(113)50(109)39(98)23(7-83)120-72)134-76-65(137-70-37(81-21(5)96)48(107)60(30(14-90)127-70)132-73-55(114)51(110)40(99)24(8-84)121-73)63(42(101)26(10-86)123-76)135-68-35(79-19(3)94)46(105)58(28(12-88)125-68)130-71-53(112)49(108)38(97)22(6-82)119-71/h22-76,82-91,97-116H,6-16H2,1-5H3,(H,77,92)(H,78,93)(H,79,94)(H,80,95)(H,81,96)/t22-,23-,24-,25-,26-,27-,28-,29-,30-,31-,32-,33-,34-,35-,36-,37-,38+,39+,40+,41-,42-,43-,44-,45-,46-,47-,48-,49+,50+,51+,52+,53-,54-,55-,56+,57-,58-,59-,60-,61-,62+,63+,64+,65+,66-,67+,68+,69+,70+,71+,72+,73+,74+,75+,76-/m1/s1. The van der Waals surface area contributed by atoms with Crippen molar-refractivity contribution in [2.24, 2.45) is 0 Å². The Bertz CT molecular complexity index is 3780. The van der Waals surface area contributed by atoms with Gasteiger partial charge in [-0.1, -0.05) is 0 Å². The van der Waals surface area contributed by atoms with Gasteiger partial charge in [-0.05, 0) is 0 Å². The predicted octanol–water partition coefficient (Wildman–Crippen LogP) is -24.3. The van der Waals surface area contributed by atoms with Crippen molar-refractivity contribution in [1.29, 1.82) is 0 Å². The van der Waals surface area contributed by atoms with E-state index in [1.165, 1.54) is 0 Å². The molecule has 792 valence electrons. The van der Waals surface area contributed by atoms with Crippen LogP contribution in [0.4, 0.5) is 0 Å². The highest BCUT2D eigenvalue weighted by molar-refractivity contribution is 5.75. The van der Waals surface area contributed by atoms with E-state index in [4.69, 9.17) is 99.5 Å². The monoisotopic (exact) mass is 2010 g/mol. The predicted molar refractivity (Wildman–Crippen MR) is 420 cm³/mol. The van der Waals surface area contributed by atoms with Crippen molar-refractivity contribution < 1.29 is 277 Å². The molecule has 0 unspecified atom stereocenters. The molecule has 11 heterocycles. The van der Waals surface area contributed by atoms with Crippen LogP contribution in [0.15, 0.2) is 0 Å². The fraction of sp³-hybridized carbons (Fsp3) is 0.934. The number of carbonyl (C=O) groups is 5. The highest BCUT2D eigenvalue weighted by Crippen LogP contribution is 2.43. The Kier molecular flexibility index (Phi) is 40.7. The fourth-order valence-corrected chi connectivity index (χ4v) is 17.8. The summed E-state index contributed by atoms with van der Waals surface area (Å²) in [5, 5.41) is 350. The van der Waals surface area contributed by atoms with Gasteiger partial charge < -0.3 is 279 Å². The molecule has 0 aliphatic carbocycles. The summed E-state index contributed by atoms with van der Waals surface area (Å²) in [6.07, 6.45) is -110. The molecule has 35 N–H and O–H groups in total. The van der Waals surface area contributed by atoms with Crippen LogP contribution < -0.4 is 26.6 Å². The number of ether oxygens (including phenoxy) is 21. The summed E-state index contributed by atoms with van der Waals surface area (Å²) in [6.45, 7) is -8.54. The average Bonchev–Trinajstić information content (AvgIpc) is 0.752. The third-order valence-electron chi connectivity index (χ3n) is 25.0. The van der Waals surface area contributed by atoms with Gasteiger partial charge in [-0.3, -0.25) is 24.0 Å². The average molecular weight is 2010 g/mol. The number of carbonyl (C=O) groups excluding carboxylic acids is 5. The first kappa shape index (κ1) is 113. The van der Waals surface area contributed by atoms with Crippen LogP contribution in [0.3, 0.4) is 0 Å². The zero-order chi connectivity index (χ0) is 101. The maximum absolute atomic E-state index is 13.5. The molecule has 61 nitrogen and oxygen atoms in total. The van der Waals surface area contributed by atoms with Gasteiger partial charge in [-0.25, -0.2) is 0 Å². The Morgan fingerprint density at radius 3 is 0.730 bits per heavy atom. The van der Waals surface area contributed by atoms with Crippen molar-refractivity contribution in [3.05, 3.63) is 0 Å². The van der Waals surface area contributed by atoms with E-state index in [0.717, 1.165) is 34.6 Å². The number of aliphatic hydroxyl groups excluding tert-OH is 30. The Labute approximate surface area is 775 Å². The first-order valence-corrected chi connectivity index (χ1v) is 43.7. The quantitative estimate of drug-likeness (QED) is 0.0277. The lowest BCUT2D eigenvalue weighted by Gasteiger charge is -2.52. The molecule has 11 rings (SSSR count). The molecule has 61 heteroatoms. The smallest absolute Gasteiger partial charge is 0.217 e. The van der Waals surface area contributed by atoms with Gasteiger partial charge in [0.25, 0.3) is 0 Å². The molecule has 11 aliphatic heterocycles. The second-order valence-electron chi connectivity index (χ2n) is 34.5.